The quantitative estimate of drug-likeness (QED) is 0.417. The normalized spacial score (nSPS) is 16.5. The molecule has 0 aliphatic heterocycles. The molecule has 3 aromatic carbocycles. The summed E-state index contributed by atoms with van der Waals surface area (Å²) in [7, 11) is 0. The number of carbonyl (C=O) groups is 3. The predicted octanol–water partition coefficient (Wildman–Crippen LogP) is 5.49. The zero-order chi connectivity index (χ0) is 21.5. The minimum absolute atomic E-state index is 0.0286. The second kappa shape index (κ2) is 7.26. The van der Waals surface area contributed by atoms with Crippen LogP contribution in [0.25, 0.3) is 11.6 Å². The molecule has 3 aromatic rings. The van der Waals surface area contributed by atoms with Crippen LogP contribution in [-0.2, 0) is 0 Å². The van der Waals surface area contributed by atoms with Gasteiger partial charge in [0.15, 0.2) is 17.3 Å². The van der Waals surface area contributed by atoms with Gasteiger partial charge in [0.1, 0.15) is 5.82 Å². The number of hydrogen-bond acceptors (Lipinski definition) is 3. The molecule has 0 fully saturated rings. The van der Waals surface area contributed by atoms with E-state index < -0.39 is 0 Å². The number of halogens is 1. The molecule has 0 saturated carbocycles. The highest BCUT2D eigenvalue weighted by atomic mass is 19.1. The number of benzene rings is 3. The fourth-order valence-corrected chi connectivity index (χ4v) is 4.04. The van der Waals surface area contributed by atoms with E-state index in [1.165, 1.54) is 12.1 Å². The van der Waals surface area contributed by atoms with Crippen LogP contribution >= 0.6 is 0 Å². The molecule has 31 heavy (non-hydrogen) atoms. The zero-order valence-corrected chi connectivity index (χ0v) is 16.3. The van der Waals surface area contributed by atoms with E-state index in [9.17, 15) is 18.8 Å². The molecular weight excluding hydrogens is 391 g/mol. The lowest BCUT2D eigenvalue weighted by Crippen LogP contribution is -2.06. The molecule has 0 spiro atoms. The van der Waals surface area contributed by atoms with E-state index >= 15 is 0 Å². The van der Waals surface area contributed by atoms with E-state index in [2.05, 4.69) is 0 Å². The van der Waals surface area contributed by atoms with Crippen molar-refractivity contribution in [2.24, 2.45) is 0 Å². The maximum absolute atomic E-state index is 13.1. The van der Waals surface area contributed by atoms with Crippen molar-refractivity contribution in [1.29, 1.82) is 0 Å². The van der Waals surface area contributed by atoms with Gasteiger partial charge in [-0.2, -0.15) is 0 Å². The third-order valence-electron chi connectivity index (χ3n) is 5.50. The van der Waals surface area contributed by atoms with Crippen molar-refractivity contribution in [3.8, 4) is 0 Å². The van der Waals surface area contributed by atoms with Crippen molar-refractivity contribution in [2.75, 3.05) is 0 Å². The van der Waals surface area contributed by atoms with Gasteiger partial charge >= 0.3 is 0 Å². The number of Topliss-reactive ketones (excluding diaryl/α,β-unsaturated/α-hetero) is 3. The van der Waals surface area contributed by atoms with Gasteiger partial charge in [0, 0.05) is 27.8 Å². The molecule has 0 radical (unpaired) electrons. The molecule has 0 bridgehead atoms. The van der Waals surface area contributed by atoms with Crippen molar-refractivity contribution >= 4 is 29.0 Å². The fourth-order valence-electron chi connectivity index (χ4n) is 4.04. The lowest BCUT2D eigenvalue weighted by molar-refractivity contribution is 0.0989. The molecule has 0 heterocycles. The first-order valence-electron chi connectivity index (χ1n) is 9.77. The third kappa shape index (κ3) is 3.01. The summed E-state index contributed by atoms with van der Waals surface area (Å²) in [6.07, 6.45) is 5.01. The fraction of sp³-hybridized carbons (Fsp3) is 0. The maximum atomic E-state index is 13.1. The summed E-state index contributed by atoms with van der Waals surface area (Å²) in [6, 6.07) is 19.6. The van der Waals surface area contributed by atoms with Crippen LogP contribution in [0.4, 0.5) is 4.39 Å². The Labute approximate surface area is 177 Å². The third-order valence-corrected chi connectivity index (χ3v) is 5.50. The summed E-state index contributed by atoms with van der Waals surface area (Å²) in [4.78, 5) is 39.4. The summed E-state index contributed by atoms with van der Waals surface area (Å²) in [5, 5.41) is 0. The number of hydrogen-bond donors (Lipinski definition) is 0. The first-order chi connectivity index (χ1) is 15.1. The first kappa shape index (κ1) is 18.8. The molecule has 5 rings (SSSR count). The van der Waals surface area contributed by atoms with Crippen molar-refractivity contribution in [2.45, 2.75) is 0 Å². The second-order valence-corrected chi connectivity index (χ2v) is 7.32. The zero-order valence-electron chi connectivity index (χ0n) is 16.3. The van der Waals surface area contributed by atoms with E-state index in [0.717, 1.165) is 5.56 Å². The minimum Gasteiger partial charge on any atom is -0.289 e. The van der Waals surface area contributed by atoms with Gasteiger partial charge in [-0.1, -0.05) is 78.9 Å². The van der Waals surface area contributed by atoms with Gasteiger partial charge in [-0.25, -0.2) is 4.39 Å². The monoisotopic (exact) mass is 406 g/mol. The summed E-state index contributed by atoms with van der Waals surface area (Å²) in [5.41, 5.74) is 3.21. The topological polar surface area (TPSA) is 51.2 Å². The largest absolute Gasteiger partial charge is 0.289 e. The van der Waals surface area contributed by atoms with Gasteiger partial charge in [0.2, 0.25) is 0 Å². The Morgan fingerprint density at radius 3 is 1.68 bits per heavy atom. The molecule has 2 aliphatic carbocycles. The molecule has 148 valence electrons. The smallest absolute Gasteiger partial charge is 0.198 e. The Morgan fingerprint density at radius 2 is 1.10 bits per heavy atom. The number of allylic oxidation sites excluding steroid dienone is 5. The van der Waals surface area contributed by atoms with Crippen LogP contribution in [0.3, 0.4) is 0 Å². The molecule has 0 atom stereocenters. The summed E-state index contributed by atoms with van der Waals surface area (Å²) in [6.45, 7) is 0. The highest BCUT2D eigenvalue weighted by Crippen LogP contribution is 2.42. The van der Waals surface area contributed by atoms with Crippen LogP contribution in [0.5, 0.6) is 0 Å². The molecule has 3 nitrogen and oxygen atoms in total. The number of rotatable bonds is 2. The van der Waals surface area contributed by atoms with Gasteiger partial charge in [-0.3, -0.25) is 14.4 Å². The van der Waals surface area contributed by atoms with E-state index in [1.807, 2.05) is 0 Å². The van der Waals surface area contributed by atoms with Crippen LogP contribution in [0, 0.1) is 5.82 Å². The molecule has 4 heteroatoms. The molecule has 2 aliphatic rings. The second-order valence-electron chi connectivity index (χ2n) is 7.32. The van der Waals surface area contributed by atoms with E-state index in [4.69, 9.17) is 0 Å². The van der Waals surface area contributed by atoms with Crippen LogP contribution in [-0.4, -0.2) is 17.3 Å². The number of ketones is 3. The van der Waals surface area contributed by atoms with E-state index in [1.54, 1.807) is 78.9 Å². The Bertz CT molecular complexity index is 1330. The summed E-state index contributed by atoms with van der Waals surface area (Å²) in [5.74, 6) is -1.30. The van der Waals surface area contributed by atoms with Crippen molar-refractivity contribution in [1.82, 2.24) is 0 Å². The van der Waals surface area contributed by atoms with Gasteiger partial charge in [-0.05, 0) is 23.3 Å². The maximum Gasteiger partial charge on any atom is 0.198 e. The van der Waals surface area contributed by atoms with Crippen LogP contribution in [0.1, 0.15) is 42.2 Å². The first-order valence-corrected chi connectivity index (χ1v) is 9.77. The summed E-state index contributed by atoms with van der Waals surface area (Å²) >= 11 is 0. The van der Waals surface area contributed by atoms with Gasteiger partial charge < -0.3 is 0 Å². The lowest BCUT2D eigenvalue weighted by atomic mass is 9.95. The Hall–Kier alpha value is -4.18. The molecular formula is C27H15FO3. The van der Waals surface area contributed by atoms with Gasteiger partial charge in [0.05, 0.1) is 5.57 Å². The SMILES string of the molecule is O=C1C(=C2/C(=C/C=C/c3ccc(F)cc3)C(=O)c3ccccc32)C(=O)c2ccccc21. The molecule has 0 amide bonds. The van der Waals surface area contributed by atoms with E-state index in [0.29, 0.717) is 33.4 Å². The van der Waals surface area contributed by atoms with Gasteiger partial charge in [0.25, 0.3) is 0 Å². The van der Waals surface area contributed by atoms with Crippen LogP contribution in [0.15, 0.2) is 96.1 Å². The minimum atomic E-state index is -0.367. The highest BCUT2D eigenvalue weighted by molar-refractivity contribution is 6.46. The van der Waals surface area contributed by atoms with Crippen molar-refractivity contribution in [3.63, 3.8) is 0 Å². The van der Waals surface area contributed by atoms with Crippen molar-refractivity contribution in [3.05, 3.63) is 130 Å². The lowest BCUT2D eigenvalue weighted by Gasteiger charge is -2.05. The number of fused-ring (bicyclic) bond motifs is 2. The average molecular weight is 406 g/mol. The van der Waals surface area contributed by atoms with Crippen LogP contribution < -0.4 is 0 Å². The molecule has 0 unspecified atom stereocenters. The number of carbonyl (C=O) groups excluding carboxylic acids is 3. The summed E-state index contributed by atoms with van der Waals surface area (Å²) < 4.78 is 13.1. The van der Waals surface area contributed by atoms with Crippen molar-refractivity contribution < 1.29 is 18.8 Å². The standard InChI is InChI=1S/C27H15FO3/c28-17-14-12-16(13-15-17)6-5-11-22-23(18-7-1-2-8-19(18)25(22)29)24-26(30)20-9-3-4-10-21(20)27(24)31/h1-15H/b6-5+,22-11-. The molecule has 0 saturated heterocycles. The van der Waals surface area contributed by atoms with Crippen LogP contribution in [0.2, 0.25) is 0 Å². The predicted molar refractivity (Wildman–Crippen MR) is 116 cm³/mol. The van der Waals surface area contributed by atoms with Gasteiger partial charge in [-0.15, -0.1) is 0 Å². The Morgan fingerprint density at radius 1 is 0.581 bits per heavy atom. The Balaban J connectivity index is 1.67. The molecule has 0 aromatic heterocycles. The highest BCUT2D eigenvalue weighted by Gasteiger charge is 2.40. The average Bonchev–Trinajstić information content (AvgIpc) is 3.21. The Kier molecular flexibility index (Phi) is 4.41. The molecule has 0 N–H and O–H groups in total. The van der Waals surface area contributed by atoms with E-state index in [-0.39, 0.29) is 28.7 Å².